The molecule has 102 valence electrons. The Bertz CT molecular complexity index is 474. The van der Waals surface area contributed by atoms with Gasteiger partial charge < -0.3 is 11.1 Å². The Balaban J connectivity index is 2.81. The molecule has 0 fully saturated rings. The molecule has 1 amide bonds. The Morgan fingerprint density at radius 2 is 2.16 bits per heavy atom. The summed E-state index contributed by atoms with van der Waals surface area (Å²) in [5.74, 6) is 5.96. The molecule has 19 heavy (non-hydrogen) atoms. The van der Waals surface area contributed by atoms with Gasteiger partial charge in [-0.3, -0.25) is 9.69 Å². The first-order valence-corrected chi connectivity index (χ1v) is 6.41. The zero-order chi connectivity index (χ0) is 14.1. The molecular formula is C15H21N3O. The van der Waals surface area contributed by atoms with Gasteiger partial charge in [0.05, 0.1) is 13.1 Å². The van der Waals surface area contributed by atoms with Crippen LogP contribution in [0.5, 0.6) is 0 Å². The number of nitrogens with zero attached hydrogens (tertiary/aromatic N) is 1. The summed E-state index contributed by atoms with van der Waals surface area (Å²) in [6.45, 7) is 4.30. The van der Waals surface area contributed by atoms with Crippen molar-refractivity contribution < 1.29 is 4.79 Å². The average Bonchev–Trinajstić information content (AvgIpc) is 2.45. The summed E-state index contributed by atoms with van der Waals surface area (Å²) in [6, 6.07) is 7.95. The fourth-order valence-electron chi connectivity index (χ4n) is 1.73. The first-order chi connectivity index (χ1) is 9.21. The van der Waals surface area contributed by atoms with Crippen molar-refractivity contribution in [3.8, 4) is 11.8 Å². The standard InChI is InChI=1S/C15H21N3O/c1-3-18(12-15(19)17-2)11-14-8-5-4-7-13(14)9-6-10-16/h4-5,7-8H,3,10-12,16H2,1-2H3,(H,17,19). The van der Waals surface area contributed by atoms with Crippen molar-refractivity contribution in [2.75, 3.05) is 26.7 Å². The molecule has 1 aromatic carbocycles. The van der Waals surface area contributed by atoms with E-state index in [-0.39, 0.29) is 5.91 Å². The van der Waals surface area contributed by atoms with Crippen molar-refractivity contribution in [1.82, 2.24) is 10.2 Å². The molecule has 0 heterocycles. The minimum Gasteiger partial charge on any atom is -0.358 e. The summed E-state index contributed by atoms with van der Waals surface area (Å²) in [5, 5.41) is 2.64. The molecular weight excluding hydrogens is 238 g/mol. The number of nitrogens with two attached hydrogens (primary N) is 1. The Morgan fingerprint density at radius 1 is 1.42 bits per heavy atom. The normalized spacial score (nSPS) is 9.89. The van der Waals surface area contributed by atoms with Crippen molar-refractivity contribution in [3.63, 3.8) is 0 Å². The quantitative estimate of drug-likeness (QED) is 0.760. The predicted molar refractivity (Wildman–Crippen MR) is 77.4 cm³/mol. The van der Waals surface area contributed by atoms with Crippen molar-refractivity contribution in [2.45, 2.75) is 13.5 Å². The molecule has 4 heteroatoms. The molecule has 1 aromatic rings. The maximum Gasteiger partial charge on any atom is 0.233 e. The summed E-state index contributed by atoms with van der Waals surface area (Å²) < 4.78 is 0. The van der Waals surface area contributed by atoms with E-state index < -0.39 is 0 Å². The van der Waals surface area contributed by atoms with Crippen molar-refractivity contribution in [2.24, 2.45) is 5.73 Å². The van der Waals surface area contributed by atoms with Gasteiger partial charge in [-0.25, -0.2) is 0 Å². The largest absolute Gasteiger partial charge is 0.358 e. The first kappa shape index (κ1) is 15.2. The van der Waals surface area contributed by atoms with Crippen LogP contribution in [0.15, 0.2) is 24.3 Å². The van der Waals surface area contributed by atoms with Crippen LogP contribution in [0.2, 0.25) is 0 Å². The molecule has 0 saturated carbocycles. The molecule has 0 bridgehead atoms. The Morgan fingerprint density at radius 3 is 2.79 bits per heavy atom. The monoisotopic (exact) mass is 259 g/mol. The van der Waals surface area contributed by atoms with Crippen LogP contribution < -0.4 is 11.1 Å². The van der Waals surface area contributed by atoms with E-state index in [9.17, 15) is 4.79 Å². The minimum atomic E-state index is 0.0207. The highest BCUT2D eigenvalue weighted by molar-refractivity contribution is 5.77. The summed E-state index contributed by atoms with van der Waals surface area (Å²) in [4.78, 5) is 13.5. The van der Waals surface area contributed by atoms with Gasteiger partial charge in [-0.1, -0.05) is 37.0 Å². The SMILES string of the molecule is CCN(CC(=O)NC)Cc1ccccc1C#CCN. The van der Waals surface area contributed by atoms with E-state index in [0.29, 0.717) is 19.6 Å². The molecule has 3 N–H and O–H groups in total. The lowest BCUT2D eigenvalue weighted by atomic mass is 10.1. The number of amides is 1. The van der Waals surface area contributed by atoms with Gasteiger partial charge in [-0.2, -0.15) is 0 Å². The highest BCUT2D eigenvalue weighted by atomic mass is 16.1. The molecule has 0 aliphatic rings. The number of rotatable bonds is 5. The van der Waals surface area contributed by atoms with Gasteiger partial charge in [0.25, 0.3) is 0 Å². The summed E-state index contributed by atoms with van der Waals surface area (Å²) in [5.41, 5.74) is 7.50. The Labute approximate surface area is 115 Å². The van der Waals surface area contributed by atoms with E-state index in [4.69, 9.17) is 5.73 Å². The number of likely N-dealkylation sites (N-methyl/N-ethyl adjacent to an activating group) is 2. The lowest BCUT2D eigenvalue weighted by molar-refractivity contribution is -0.121. The third kappa shape index (κ3) is 5.12. The topological polar surface area (TPSA) is 58.4 Å². The van der Waals surface area contributed by atoms with Gasteiger partial charge in [-0.15, -0.1) is 0 Å². The summed E-state index contributed by atoms with van der Waals surface area (Å²) in [7, 11) is 1.65. The first-order valence-electron chi connectivity index (χ1n) is 6.41. The molecule has 0 aromatic heterocycles. The van der Waals surface area contributed by atoms with Crippen LogP contribution in [-0.4, -0.2) is 37.5 Å². The number of carbonyl (C=O) groups is 1. The van der Waals surface area contributed by atoms with E-state index in [1.807, 2.05) is 31.2 Å². The van der Waals surface area contributed by atoms with E-state index in [2.05, 4.69) is 22.1 Å². The van der Waals surface area contributed by atoms with Crippen LogP contribution in [-0.2, 0) is 11.3 Å². The number of nitrogens with one attached hydrogen (secondary N) is 1. The molecule has 0 radical (unpaired) electrons. The molecule has 1 rings (SSSR count). The van der Waals surface area contributed by atoms with Gasteiger partial charge in [0, 0.05) is 19.2 Å². The van der Waals surface area contributed by atoms with Crippen molar-refractivity contribution in [1.29, 1.82) is 0 Å². The maximum absolute atomic E-state index is 11.4. The van der Waals surface area contributed by atoms with Crippen LogP contribution >= 0.6 is 0 Å². The summed E-state index contributed by atoms with van der Waals surface area (Å²) >= 11 is 0. The van der Waals surface area contributed by atoms with Gasteiger partial charge >= 0.3 is 0 Å². The lowest BCUT2D eigenvalue weighted by Gasteiger charge is -2.20. The van der Waals surface area contributed by atoms with Crippen molar-refractivity contribution >= 4 is 5.91 Å². The average molecular weight is 259 g/mol. The van der Waals surface area contributed by atoms with Crippen LogP contribution in [0.3, 0.4) is 0 Å². The third-order valence-electron chi connectivity index (χ3n) is 2.83. The molecule has 0 unspecified atom stereocenters. The van der Waals surface area contributed by atoms with Crippen LogP contribution in [0.25, 0.3) is 0 Å². The van der Waals surface area contributed by atoms with Crippen LogP contribution in [0.4, 0.5) is 0 Å². The molecule has 0 atom stereocenters. The van der Waals surface area contributed by atoms with Gasteiger partial charge in [0.2, 0.25) is 5.91 Å². The fraction of sp³-hybridized carbons (Fsp3) is 0.400. The van der Waals surface area contributed by atoms with Gasteiger partial charge in [-0.05, 0) is 18.2 Å². The second-order valence-corrected chi connectivity index (χ2v) is 4.14. The zero-order valence-electron chi connectivity index (χ0n) is 11.6. The highest BCUT2D eigenvalue weighted by Crippen LogP contribution is 2.10. The predicted octanol–water partition coefficient (Wildman–Crippen LogP) is 0.565. The van der Waals surface area contributed by atoms with Crippen LogP contribution in [0.1, 0.15) is 18.1 Å². The fourth-order valence-corrected chi connectivity index (χ4v) is 1.73. The van der Waals surface area contributed by atoms with Gasteiger partial charge in [0.1, 0.15) is 0 Å². The summed E-state index contributed by atoms with van der Waals surface area (Å²) in [6.07, 6.45) is 0. The van der Waals surface area contributed by atoms with E-state index >= 15 is 0 Å². The number of hydrogen-bond donors (Lipinski definition) is 2. The Hall–Kier alpha value is -1.83. The molecule has 0 aliphatic carbocycles. The van der Waals surface area contributed by atoms with E-state index in [0.717, 1.165) is 17.7 Å². The van der Waals surface area contributed by atoms with E-state index in [1.54, 1.807) is 7.05 Å². The lowest BCUT2D eigenvalue weighted by Crippen LogP contribution is -2.35. The molecule has 0 saturated heterocycles. The molecule has 0 spiro atoms. The number of hydrogen-bond acceptors (Lipinski definition) is 3. The second-order valence-electron chi connectivity index (χ2n) is 4.14. The van der Waals surface area contributed by atoms with Crippen LogP contribution in [0, 0.1) is 11.8 Å². The zero-order valence-corrected chi connectivity index (χ0v) is 11.6. The smallest absolute Gasteiger partial charge is 0.233 e. The third-order valence-corrected chi connectivity index (χ3v) is 2.83. The van der Waals surface area contributed by atoms with Gasteiger partial charge in [0.15, 0.2) is 0 Å². The number of carbonyl (C=O) groups excluding carboxylic acids is 1. The minimum absolute atomic E-state index is 0.0207. The maximum atomic E-state index is 11.4. The van der Waals surface area contributed by atoms with E-state index in [1.165, 1.54) is 0 Å². The Kier molecular flexibility index (Phi) is 6.65. The molecule has 4 nitrogen and oxygen atoms in total. The second kappa shape index (κ2) is 8.30. The van der Waals surface area contributed by atoms with Crippen molar-refractivity contribution in [3.05, 3.63) is 35.4 Å². The highest BCUT2D eigenvalue weighted by Gasteiger charge is 2.09. The number of benzene rings is 1. The molecule has 0 aliphatic heterocycles.